The number of amides is 1. The molecule has 0 saturated carbocycles. The SMILES string of the molecule is Cc1ccc(OCc2csc(C(=O)Nc3cccc(C)c3C)c2)c(C)c1. The number of rotatable bonds is 5. The number of thiophene rings is 1. The Hall–Kier alpha value is -2.59. The highest BCUT2D eigenvalue weighted by molar-refractivity contribution is 7.12. The van der Waals surface area contributed by atoms with E-state index in [-0.39, 0.29) is 5.91 Å². The van der Waals surface area contributed by atoms with Crippen molar-refractivity contribution >= 4 is 22.9 Å². The van der Waals surface area contributed by atoms with E-state index in [0.717, 1.165) is 33.7 Å². The van der Waals surface area contributed by atoms with Gasteiger partial charge in [0.1, 0.15) is 12.4 Å². The molecule has 3 nitrogen and oxygen atoms in total. The third kappa shape index (κ3) is 4.14. The Morgan fingerprint density at radius 3 is 2.62 bits per heavy atom. The summed E-state index contributed by atoms with van der Waals surface area (Å²) in [5.74, 6) is 0.796. The van der Waals surface area contributed by atoms with Crippen LogP contribution in [0.3, 0.4) is 0 Å². The molecule has 0 aliphatic rings. The molecule has 0 bridgehead atoms. The first-order valence-electron chi connectivity index (χ1n) is 8.59. The molecule has 0 radical (unpaired) electrons. The summed E-state index contributed by atoms with van der Waals surface area (Å²) in [6, 6.07) is 14.0. The lowest BCUT2D eigenvalue weighted by Gasteiger charge is -2.09. The number of hydrogen-bond donors (Lipinski definition) is 1. The van der Waals surface area contributed by atoms with Gasteiger partial charge in [0.2, 0.25) is 0 Å². The first-order valence-corrected chi connectivity index (χ1v) is 9.47. The monoisotopic (exact) mass is 365 g/mol. The Morgan fingerprint density at radius 1 is 1.04 bits per heavy atom. The zero-order chi connectivity index (χ0) is 18.7. The molecule has 0 aliphatic carbocycles. The molecular weight excluding hydrogens is 342 g/mol. The number of nitrogens with one attached hydrogen (secondary N) is 1. The molecule has 3 aromatic rings. The standard InChI is InChI=1S/C22H23NO2S/c1-14-8-9-20(16(3)10-14)25-12-18-11-21(26-13-18)22(24)23-19-7-5-6-15(2)17(19)4/h5-11,13H,12H2,1-4H3,(H,23,24). The van der Waals surface area contributed by atoms with Crippen LogP contribution in [0.15, 0.2) is 47.8 Å². The molecule has 0 atom stereocenters. The van der Waals surface area contributed by atoms with E-state index in [0.29, 0.717) is 11.5 Å². The van der Waals surface area contributed by atoms with Crippen molar-refractivity contribution in [3.8, 4) is 5.75 Å². The first-order chi connectivity index (χ1) is 12.4. The molecule has 1 aromatic heterocycles. The van der Waals surface area contributed by atoms with E-state index < -0.39 is 0 Å². The third-order valence-corrected chi connectivity index (χ3v) is 5.43. The van der Waals surface area contributed by atoms with Crippen LogP contribution >= 0.6 is 11.3 Å². The summed E-state index contributed by atoms with van der Waals surface area (Å²) in [6.45, 7) is 8.62. The Kier molecular flexibility index (Phi) is 5.43. The van der Waals surface area contributed by atoms with Gasteiger partial charge in [-0.2, -0.15) is 0 Å². The topological polar surface area (TPSA) is 38.3 Å². The van der Waals surface area contributed by atoms with Gasteiger partial charge in [0.05, 0.1) is 4.88 Å². The summed E-state index contributed by atoms with van der Waals surface area (Å²) in [6.07, 6.45) is 0. The normalized spacial score (nSPS) is 10.6. The minimum Gasteiger partial charge on any atom is -0.489 e. The van der Waals surface area contributed by atoms with Gasteiger partial charge in [-0.3, -0.25) is 4.79 Å². The van der Waals surface area contributed by atoms with E-state index >= 15 is 0 Å². The first kappa shape index (κ1) is 18.2. The van der Waals surface area contributed by atoms with Gasteiger partial charge in [0.25, 0.3) is 5.91 Å². The fourth-order valence-electron chi connectivity index (χ4n) is 2.76. The van der Waals surface area contributed by atoms with Gasteiger partial charge < -0.3 is 10.1 Å². The van der Waals surface area contributed by atoms with Crippen LogP contribution in [0, 0.1) is 27.7 Å². The third-order valence-electron chi connectivity index (χ3n) is 4.46. The highest BCUT2D eigenvalue weighted by Crippen LogP contribution is 2.23. The summed E-state index contributed by atoms with van der Waals surface area (Å²) in [4.78, 5) is 13.2. The van der Waals surface area contributed by atoms with E-state index in [1.54, 1.807) is 0 Å². The largest absolute Gasteiger partial charge is 0.489 e. The van der Waals surface area contributed by atoms with Crippen LogP contribution in [0.1, 0.15) is 37.5 Å². The van der Waals surface area contributed by atoms with Gasteiger partial charge in [0, 0.05) is 11.3 Å². The summed E-state index contributed by atoms with van der Waals surface area (Å²) in [5.41, 5.74) is 6.45. The second kappa shape index (κ2) is 7.75. The van der Waals surface area contributed by atoms with Crippen LogP contribution in [-0.4, -0.2) is 5.91 Å². The fourth-order valence-corrected chi connectivity index (χ4v) is 3.56. The second-order valence-corrected chi connectivity index (χ2v) is 7.49. The van der Waals surface area contributed by atoms with Crippen LogP contribution in [0.5, 0.6) is 5.75 Å². The quantitative estimate of drug-likeness (QED) is 0.619. The number of carbonyl (C=O) groups excluding carboxylic acids is 1. The number of aryl methyl sites for hydroxylation is 3. The van der Waals surface area contributed by atoms with Crippen molar-refractivity contribution in [2.75, 3.05) is 5.32 Å². The van der Waals surface area contributed by atoms with Gasteiger partial charge in [-0.1, -0.05) is 29.8 Å². The van der Waals surface area contributed by atoms with Crippen molar-refractivity contribution in [2.45, 2.75) is 34.3 Å². The number of hydrogen-bond acceptors (Lipinski definition) is 3. The molecule has 0 fully saturated rings. The zero-order valence-corrected chi connectivity index (χ0v) is 16.4. The summed E-state index contributed by atoms with van der Waals surface area (Å²) >= 11 is 1.44. The van der Waals surface area contributed by atoms with Crippen molar-refractivity contribution in [2.24, 2.45) is 0 Å². The summed E-state index contributed by atoms with van der Waals surface area (Å²) < 4.78 is 5.90. The van der Waals surface area contributed by atoms with Crippen LogP contribution in [0.25, 0.3) is 0 Å². The van der Waals surface area contributed by atoms with Crippen LogP contribution < -0.4 is 10.1 Å². The highest BCUT2D eigenvalue weighted by atomic mass is 32.1. The molecule has 3 rings (SSSR count). The van der Waals surface area contributed by atoms with Gasteiger partial charge in [0.15, 0.2) is 0 Å². The molecule has 26 heavy (non-hydrogen) atoms. The molecule has 1 heterocycles. The van der Waals surface area contributed by atoms with Gasteiger partial charge in [-0.15, -0.1) is 11.3 Å². The molecular formula is C22H23NO2S. The van der Waals surface area contributed by atoms with Crippen LogP contribution in [-0.2, 0) is 6.61 Å². The van der Waals surface area contributed by atoms with E-state index in [1.807, 2.05) is 62.5 Å². The van der Waals surface area contributed by atoms with Gasteiger partial charge >= 0.3 is 0 Å². The maximum atomic E-state index is 12.5. The molecule has 0 spiro atoms. The van der Waals surface area contributed by atoms with Gasteiger partial charge in [-0.05, 0) is 68.0 Å². The van der Waals surface area contributed by atoms with Crippen molar-refractivity contribution < 1.29 is 9.53 Å². The number of carbonyl (C=O) groups is 1. The Morgan fingerprint density at radius 2 is 1.85 bits per heavy atom. The van der Waals surface area contributed by atoms with Crippen LogP contribution in [0.4, 0.5) is 5.69 Å². The lowest BCUT2D eigenvalue weighted by atomic mass is 10.1. The average Bonchev–Trinajstić information content (AvgIpc) is 3.07. The van der Waals surface area contributed by atoms with Gasteiger partial charge in [-0.25, -0.2) is 0 Å². The van der Waals surface area contributed by atoms with Crippen molar-refractivity contribution in [3.05, 3.63) is 80.5 Å². The predicted octanol–water partition coefficient (Wildman–Crippen LogP) is 5.81. The summed E-state index contributed by atoms with van der Waals surface area (Å²) in [7, 11) is 0. The summed E-state index contributed by atoms with van der Waals surface area (Å²) in [5, 5.41) is 4.97. The zero-order valence-electron chi connectivity index (χ0n) is 15.6. The number of ether oxygens (including phenoxy) is 1. The van der Waals surface area contributed by atoms with E-state index in [4.69, 9.17) is 4.74 Å². The maximum Gasteiger partial charge on any atom is 0.265 e. The predicted molar refractivity (Wildman–Crippen MR) is 108 cm³/mol. The highest BCUT2D eigenvalue weighted by Gasteiger charge is 2.12. The number of benzene rings is 2. The maximum absolute atomic E-state index is 12.5. The molecule has 1 amide bonds. The molecule has 2 aromatic carbocycles. The van der Waals surface area contributed by atoms with E-state index in [9.17, 15) is 4.79 Å². The van der Waals surface area contributed by atoms with Crippen molar-refractivity contribution in [1.29, 1.82) is 0 Å². The average molecular weight is 365 g/mol. The van der Waals surface area contributed by atoms with E-state index in [2.05, 4.69) is 18.3 Å². The minimum atomic E-state index is -0.0820. The van der Waals surface area contributed by atoms with E-state index in [1.165, 1.54) is 16.9 Å². The molecule has 0 unspecified atom stereocenters. The molecule has 4 heteroatoms. The smallest absolute Gasteiger partial charge is 0.265 e. The Bertz CT molecular complexity index is 943. The lowest BCUT2D eigenvalue weighted by molar-refractivity contribution is 0.103. The second-order valence-electron chi connectivity index (χ2n) is 6.58. The van der Waals surface area contributed by atoms with Crippen molar-refractivity contribution in [3.63, 3.8) is 0 Å². The molecule has 0 saturated heterocycles. The Balaban J connectivity index is 1.65. The fraction of sp³-hybridized carbons (Fsp3) is 0.227. The minimum absolute atomic E-state index is 0.0820. The lowest BCUT2D eigenvalue weighted by Crippen LogP contribution is -2.11. The molecule has 134 valence electrons. The number of anilines is 1. The Labute approximate surface area is 158 Å². The molecule has 0 aliphatic heterocycles. The van der Waals surface area contributed by atoms with Crippen LogP contribution in [0.2, 0.25) is 0 Å². The molecule has 1 N–H and O–H groups in total. The van der Waals surface area contributed by atoms with Crippen molar-refractivity contribution in [1.82, 2.24) is 0 Å².